The fourth-order valence-electron chi connectivity index (χ4n) is 3.76. The number of carbonyl (C=O) groups excluding carboxylic acids is 2. The molecule has 2 heterocycles. The number of benzene rings is 3. The monoisotopic (exact) mass is 479 g/mol. The van der Waals surface area contributed by atoms with Gasteiger partial charge in [0.2, 0.25) is 10.0 Å². The summed E-state index contributed by atoms with van der Waals surface area (Å²) in [6.45, 7) is 1.31. The predicted molar refractivity (Wildman–Crippen MR) is 125 cm³/mol. The van der Waals surface area contributed by atoms with Crippen LogP contribution >= 0.6 is 0 Å². The maximum absolute atomic E-state index is 12.8. The molecule has 0 radical (unpaired) electrons. The third-order valence-electron chi connectivity index (χ3n) is 5.56. The number of anilines is 2. The van der Waals surface area contributed by atoms with Gasteiger partial charge in [0.05, 0.1) is 29.4 Å². The van der Waals surface area contributed by atoms with Gasteiger partial charge in [-0.1, -0.05) is 12.1 Å². The van der Waals surface area contributed by atoms with Crippen molar-refractivity contribution in [2.24, 2.45) is 0 Å². The second-order valence-corrected chi connectivity index (χ2v) is 9.70. The highest BCUT2D eigenvalue weighted by Gasteiger charge is 2.26. The molecule has 0 atom stereocenters. The third-order valence-corrected chi connectivity index (χ3v) is 7.47. The van der Waals surface area contributed by atoms with Gasteiger partial charge < -0.3 is 20.1 Å². The fraction of sp³-hybridized carbons (Fsp3) is 0.167. The molecule has 1 saturated heterocycles. The molecule has 5 rings (SSSR count). The van der Waals surface area contributed by atoms with E-state index in [4.69, 9.17) is 9.47 Å². The number of carbonyl (C=O) groups is 2. The van der Waals surface area contributed by atoms with E-state index in [0.717, 1.165) is 0 Å². The maximum Gasteiger partial charge on any atom is 0.259 e. The normalized spacial score (nSPS) is 15.8. The van der Waals surface area contributed by atoms with Gasteiger partial charge in [0, 0.05) is 24.3 Å². The number of nitrogens with one attached hydrogen (secondary N) is 2. The van der Waals surface area contributed by atoms with Crippen molar-refractivity contribution in [1.82, 2.24) is 4.31 Å². The van der Waals surface area contributed by atoms with Crippen molar-refractivity contribution in [3.63, 3.8) is 0 Å². The van der Waals surface area contributed by atoms with Crippen LogP contribution in [0.3, 0.4) is 0 Å². The SMILES string of the molecule is O=C(Nc1ccc2c(c1)C(=O)Nc1ccccc1O2)c1ccc(S(=O)(=O)N2CCOCC2)cc1. The standard InChI is InChI=1S/C24H21N3O6S/c28-23(16-5-8-18(9-6-16)34(30,31)27-11-13-32-14-12-27)25-17-7-10-21-19(15-17)24(29)26-20-3-1-2-4-22(20)33-21/h1-10,15H,11-14H2,(H,25,28)(H,26,29). The average molecular weight is 480 g/mol. The Bertz CT molecular complexity index is 1370. The highest BCUT2D eigenvalue weighted by Crippen LogP contribution is 2.36. The minimum atomic E-state index is -3.64. The molecule has 1 fully saturated rings. The summed E-state index contributed by atoms with van der Waals surface area (Å²) < 4.78 is 37.9. The topological polar surface area (TPSA) is 114 Å². The van der Waals surface area contributed by atoms with Gasteiger partial charge in [-0.15, -0.1) is 0 Å². The first-order chi connectivity index (χ1) is 16.4. The maximum atomic E-state index is 12.8. The van der Waals surface area contributed by atoms with Gasteiger partial charge >= 0.3 is 0 Å². The number of ether oxygens (including phenoxy) is 2. The summed E-state index contributed by atoms with van der Waals surface area (Å²) in [6, 6.07) is 17.6. The Morgan fingerprint density at radius 1 is 0.941 bits per heavy atom. The first-order valence-electron chi connectivity index (χ1n) is 10.6. The first kappa shape index (κ1) is 22.1. The summed E-state index contributed by atoms with van der Waals surface area (Å²) in [6.07, 6.45) is 0. The summed E-state index contributed by atoms with van der Waals surface area (Å²) in [4.78, 5) is 25.5. The molecule has 34 heavy (non-hydrogen) atoms. The van der Waals surface area contributed by atoms with Crippen LogP contribution in [0.25, 0.3) is 0 Å². The summed E-state index contributed by atoms with van der Waals surface area (Å²) in [5.74, 6) is 0.110. The summed E-state index contributed by atoms with van der Waals surface area (Å²) >= 11 is 0. The predicted octanol–water partition coefficient (Wildman–Crippen LogP) is 3.32. The van der Waals surface area contributed by atoms with Crippen LogP contribution in [0.2, 0.25) is 0 Å². The van der Waals surface area contributed by atoms with Crippen LogP contribution in [0.5, 0.6) is 11.5 Å². The van der Waals surface area contributed by atoms with E-state index >= 15 is 0 Å². The molecule has 3 aromatic carbocycles. The number of hydrogen-bond donors (Lipinski definition) is 2. The lowest BCUT2D eigenvalue weighted by Gasteiger charge is -2.26. The Morgan fingerprint density at radius 2 is 1.68 bits per heavy atom. The zero-order valence-electron chi connectivity index (χ0n) is 18.0. The molecule has 0 bridgehead atoms. The Hall–Kier alpha value is -3.73. The van der Waals surface area contributed by atoms with Gasteiger partial charge in [0.15, 0.2) is 5.75 Å². The average Bonchev–Trinajstić information content (AvgIpc) is 3.00. The van der Waals surface area contributed by atoms with E-state index in [1.807, 2.05) is 6.07 Å². The van der Waals surface area contributed by atoms with Crippen molar-refractivity contribution in [2.75, 3.05) is 36.9 Å². The number of nitrogens with zero attached hydrogens (tertiary/aromatic N) is 1. The van der Waals surface area contributed by atoms with E-state index < -0.39 is 15.9 Å². The minimum absolute atomic E-state index is 0.115. The van der Waals surface area contributed by atoms with E-state index in [2.05, 4.69) is 10.6 Å². The molecule has 2 aliphatic rings. The van der Waals surface area contributed by atoms with Gasteiger partial charge in [-0.2, -0.15) is 4.31 Å². The smallest absolute Gasteiger partial charge is 0.259 e. The van der Waals surface area contributed by atoms with Crippen LogP contribution in [0.15, 0.2) is 71.6 Å². The molecular weight excluding hydrogens is 458 g/mol. The molecule has 174 valence electrons. The molecular formula is C24H21N3O6S. The molecule has 2 amide bonds. The van der Waals surface area contributed by atoms with E-state index in [1.165, 1.54) is 34.6 Å². The van der Waals surface area contributed by atoms with E-state index in [9.17, 15) is 18.0 Å². The summed E-state index contributed by atoms with van der Waals surface area (Å²) in [7, 11) is -3.64. The molecule has 3 aromatic rings. The second-order valence-electron chi connectivity index (χ2n) is 7.76. The molecule has 0 aliphatic carbocycles. The fourth-order valence-corrected chi connectivity index (χ4v) is 5.17. The van der Waals surface area contributed by atoms with Crippen LogP contribution in [0.4, 0.5) is 11.4 Å². The lowest BCUT2D eigenvalue weighted by molar-refractivity contribution is 0.0730. The van der Waals surface area contributed by atoms with Crippen LogP contribution in [0.1, 0.15) is 20.7 Å². The van der Waals surface area contributed by atoms with E-state index in [-0.39, 0.29) is 21.9 Å². The lowest BCUT2D eigenvalue weighted by Crippen LogP contribution is -2.40. The summed E-state index contributed by atoms with van der Waals surface area (Å²) in [5, 5.41) is 5.53. The number of morpholine rings is 1. The van der Waals surface area contributed by atoms with Crippen molar-refractivity contribution < 1.29 is 27.5 Å². The van der Waals surface area contributed by atoms with Crippen molar-refractivity contribution in [3.05, 3.63) is 77.9 Å². The molecule has 10 heteroatoms. The zero-order chi connectivity index (χ0) is 23.7. The highest BCUT2D eigenvalue weighted by molar-refractivity contribution is 7.89. The molecule has 2 N–H and O–H groups in total. The van der Waals surface area contributed by atoms with Gasteiger partial charge in [0.1, 0.15) is 5.75 Å². The van der Waals surface area contributed by atoms with Crippen molar-refractivity contribution in [2.45, 2.75) is 4.90 Å². The van der Waals surface area contributed by atoms with Crippen molar-refractivity contribution >= 4 is 33.2 Å². The quantitative estimate of drug-likeness (QED) is 0.594. The molecule has 0 spiro atoms. The van der Waals surface area contributed by atoms with Crippen LogP contribution in [-0.2, 0) is 14.8 Å². The number of hydrogen-bond acceptors (Lipinski definition) is 6. The number of sulfonamides is 1. The van der Waals surface area contributed by atoms with Gasteiger partial charge in [0.25, 0.3) is 11.8 Å². The van der Waals surface area contributed by atoms with Crippen LogP contribution in [0, 0.1) is 0 Å². The van der Waals surface area contributed by atoms with Gasteiger partial charge in [-0.05, 0) is 54.6 Å². The van der Waals surface area contributed by atoms with E-state index in [0.29, 0.717) is 49.2 Å². The molecule has 0 aromatic heterocycles. The molecule has 9 nitrogen and oxygen atoms in total. The Morgan fingerprint density at radius 3 is 2.44 bits per heavy atom. The Kier molecular flexibility index (Phi) is 5.78. The minimum Gasteiger partial charge on any atom is -0.454 e. The van der Waals surface area contributed by atoms with Crippen molar-refractivity contribution in [3.8, 4) is 11.5 Å². The first-order valence-corrected chi connectivity index (χ1v) is 12.1. The third kappa shape index (κ3) is 4.26. The van der Waals surface area contributed by atoms with Crippen LogP contribution in [-0.4, -0.2) is 50.8 Å². The van der Waals surface area contributed by atoms with Crippen molar-refractivity contribution in [1.29, 1.82) is 0 Å². The molecule has 2 aliphatic heterocycles. The second kappa shape index (κ2) is 8.90. The number of para-hydroxylation sites is 2. The molecule has 0 unspecified atom stereocenters. The van der Waals surface area contributed by atoms with Crippen LogP contribution < -0.4 is 15.4 Å². The van der Waals surface area contributed by atoms with Gasteiger partial charge in [-0.25, -0.2) is 8.42 Å². The largest absolute Gasteiger partial charge is 0.454 e. The van der Waals surface area contributed by atoms with Gasteiger partial charge in [-0.3, -0.25) is 9.59 Å². The summed E-state index contributed by atoms with van der Waals surface area (Å²) in [5.41, 5.74) is 1.52. The number of rotatable bonds is 4. The molecule has 0 saturated carbocycles. The number of amides is 2. The number of fused-ring (bicyclic) bond motifs is 2. The highest BCUT2D eigenvalue weighted by atomic mass is 32.2. The Balaban J connectivity index is 1.32. The van der Waals surface area contributed by atoms with E-state index in [1.54, 1.807) is 30.3 Å². The lowest BCUT2D eigenvalue weighted by atomic mass is 10.1. The zero-order valence-corrected chi connectivity index (χ0v) is 18.8. The Labute approximate surface area is 196 Å².